The molecule has 0 aliphatic rings. The topological polar surface area (TPSA) is 56.3 Å². The zero-order valence-electron chi connectivity index (χ0n) is 19.7. The van der Waals surface area contributed by atoms with Crippen LogP contribution in [0.25, 0.3) is 21.3 Å². The van der Waals surface area contributed by atoms with Crippen molar-refractivity contribution >= 4 is 27.4 Å². The smallest absolute Gasteiger partial charge is 0.161 e. The first-order valence-corrected chi connectivity index (χ1v) is 12.4. The quantitative estimate of drug-likeness (QED) is 0.277. The van der Waals surface area contributed by atoms with Crippen molar-refractivity contribution in [2.75, 3.05) is 25.1 Å². The molecule has 1 N–H and O–H groups in total. The summed E-state index contributed by atoms with van der Waals surface area (Å²) >= 11 is 1.66. The number of nitrogens with one attached hydrogen (secondary N) is 1. The number of nitrogens with zero attached hydrogens (tertiary/aromatic N) is 2. The van der Waals surface area contributed by atoms with E-state index in [1.165, 1.54) is 22.3 Å². The minimum Gasteiger partial charge on any atom is -0.490 e. The standard InChI is InChI=1S/C27H31N3O2S/c1-5-31-23-12-7-19(15-24(23)32-6-2)13-14-28-26-25-22(16-33-27(25)30-17-29-26)21-10-8-20(9-11-21)18(3)4/h7-12,15-18H,5-6,13-14H2,1-4H3,(H,28,29,30). The molecule has 0 aliphatic heterocycles. The van der Waals surface area contributed by atoms with Crippen molar-refractivity contribution in [2.45, 2.75) is 40.0 Å². The van der Waals surface area contributed by atoms with Gasteiger partial charge in [0.1, 0.15) is 17.0 Å². The summed E-state index contributed by atoms with van der Waals surface area (Å²) < 4.78 is 11.4. The zero-order valence-corrected chi connectivity index (χ0v) is 20.5. The first kappa shape index (κ1) is 23.1. The summed E-state index contributed by atoms with van der Waals surface area (Å²) in [7, 11) is 0. The van der Waals surface area contributed by atoms with Gasteiger partial charge in [-0.25, -0.2) is 9.97 Å². The summed E-state index contributed by atoms with van der Waals surface area (Å²) in [4.78, 5) is 10.1. The highest BCUT2D eigenvalue weighted by Crippen LogP contribution is 2.37. The number of fused-ring (bicyclic) bond motifs is 1. The van der Waals surface area contributed by atoms with Gasteiger partial charge >= 0.3 is 0 Å². The maximum atomic E-state index is 5.77. The van der Waals surface area contributed by atoms with Gasteiger partial charge in [0.25, 0.3) is 0 Å². The number of anilines is 1. The van der Waals surface area contributed by atoms with Crippen molar-refractivity contribution < 1.29 is 9.47 Å². The van der Waals surface area contributed by atoms with Gasteiger partial charge in [-0.1, -0.05) is 44.2 Å². The van der Waals surface area contributed by atoms with Crippen molar-refractivity contribution in [3.63, 3.8) is 0 Å². The summed E-state index contributed by atoms with van der Waals surface area (Å²) in [6.45, 7) is 10.4. The molecule has 2 heterocycles. The zero-order chi connectivity index (χ0) is 23.2. The number of hydrogen-bond donors (Lipinski definition) is 1. The summed E-state index contributed by atoms with van der Waals surface area (Å²) in [6.07, 6.45) is 2.48. The molecule has 172 valence electrons. The molecule has 4 aromatic rings. The molecule has 0 amide bonds. The molecule has 0 fully saturated rings. The van der Waals surface area contributed by atoms with Crippen molar-refractivity contribution in [3.05, 3.63) is 65.3 Å². The third-order valence-electron chi connectivity index (χ3n) is 5.57. The fourth-order valence-corrected chi connectivity index (χ4v) is 4.76. The van der Waals surface area contributed by atoms with E-state index in [-0.39, 0.29) is 0 Å². The molecule has 6 heteroatoms. The molecule has 0 spiro atoms. The van der Waals surface area contributed by atoms with Gasteiger partial charge in [-0.3, -0.25) is 0 Å². The SMILES string of the molecule is CCOc1ccc(CCNc2ncnc3scc(-c4ccc(C(C)C)cc4)c23)cc1OCC. The Balaban J connectivity index is 1.53. The van der Waals surface area contributed by atoms with E-state index in [4.69, 9.17) is 9.47 Å². The number of rotatable bonds is 10. The van der Waals surface area contributed by atoms with Crippen LogP contribution in [0.2, 0.25) is 0 Å². The largest absolute Gasteiger partial charge is 0.490 e. The van der Waals surface area contributed by atoms with Gasteiger partial charge in [0, 0.05) is 17.5 Å². The Kier molecular flexibility index (Phi) is 7.45. The van der Waals surface area contributed by atoms with Crippen LogP contribution in [0.15, 0.2) is 54.2 Å². The first-order valence-electron chi connectivity index (χ1n) is 11.6. The van der Waals surface area contributed by atoms with Gasteiger partial charge in [-0.2, -0.15) is 0 Å². The Morgan fingerprint density at radius 2 is 1.70 bits per heavy atom. The molecule has 33 heavy (non-hydrogen) atoms. The minimum atomic E-state index is 0.518. The molecule has 2 aromatic heterocycles. The highest BCUT2D eigenvalue weighted by molar-refractivity contribution is 7.17. The van der Waals surface area contributed by atoms with Gasteiger partial charge in [0.05, 0.1) is 18.6 Å². The van der Waals surface area contributed by atoms with Crippen LogP contribution in [0.4, 0.5) is 5.82 Å². The number of benzene rings is 2. The minimum absolute atomic E-state index is 0.518. The van der Waals surface area contributed by atoms with E-state index in [1.807, 2.05) is 19.9 Å². The molecule has 0 aliphatic carbocycles. The van der Waals surface area contributed by atoms with Crippen LogP contribution >= 0.6 is 11.3 Å². The van der Waals surface area contributed by atoms with E-state index in [9.17, 15) is 0 Å². The lowest BCUT2D eigenvalue weighted by Crippen LogP contribution is -2.07. The summed E-state index contributed by atoms with van der Waals surface area (Å²) in [5, 5.41) is 6.80. The summed E-state index contributed by atoms with van der Waals surface area (Å²) in [6, 6.07) is 15.0. The Morgan fingerprint density at radius 1 is 0.939 bits per heavy atom. The predicted molar refractivity (Wildman–Crippen MR) is 138 cm³/mol. The highest BCUT2D eigenvalue weighted by Gasteiger charge is 2.14. The Hall–Kier alpha value is -3.12. The van der Waals surface area contributed by atoms with Crippen LogP contribution < -0.4 is 14.8 Å². The molecule has 4 rings (SSSR count). The number of aromatic nitrogens is 2. The third-order valence-corrected chi connectivity index (χ3v) is 6.46. The van der Waals surface area contributed by atoms with E-state index in [0.717, 1.165) is 40.5 Å². The molecule has 0 bridgehead atoms. The predicted octanol–water partition coefficient (Wildman–Crippen LogP) is 6.93. The van der Waals surface area contributed by atoms with Crippen LogP contribution in [0.3, 0.4) is 0 Å². The van der Waals surface area contributed by atoms with Gasteiger partial charge in [-0.05, 0) is 55.0 Å². The molecule has 5 nitrogen and oxygen atoms in total. The molecule has 0 unspecified atom stereocenters. The number of thiophene rings is 1. The van der Waals surface area contributed by atoms with Crippen molar-refractivity contribution in [3.8, 4) is 22.6 Å². The Morgan fingerprint density at radius 3 is 2.42 bits per heavy atom. The van der Waals surface area contributed by atoms with Crippen molar-refractivity contribution in [1.29, 1.82) is 0 Å². The maximum absolute atomic E-state index is 5.77. The Labute approximate surface area is 199 Å². The molecule has 0 radical (unpaired) electrons. The monoisotopic (exact) mass is 461 g/mol. The molecular formula is C27H31N3O2S. The van der Waals surface area contributed by atoms with Crippen LogP contribution in [-0.4, -0.2) is 29.7 Å². The fourth-order valence-electron chi connectivity index (χ4n) is 3.85. The second kappa shape index (κ2) is 10.7. The van der Waals surface area contributed by atoms with E-state index in [0.29, 0.717) is 19.1 Å². The van der Waals surface area contributed by atoms with Crippen LogP contribution in [0.5, 0.6) is 11.5 Å². The van der Waals surface area contributed by atoms with Gasteiger partial charge in [-0.15, -0.1) is 11.3 Å². The van der Waals surface area contributed by atoms with Crippen molar-refractivity contribution in [2.24, 2.45) is 0 Å². The maximum Gasteiger partial charge on any atom is 0.161 e. The second-order valence-electron chi connectivity index (χ2n) is 8.15. The normalized spacial score (nSPS) is 11.2. The average molecular weight is 462 g/mol. The lowest BCUT2D eigenvalue weighted by Gasteiger charge is -2.13. The highest BCUT2D eigenvalue weighted by atomic mass is 32.1. The summed E-state index contributed by atoms with van der Waals surface area (Å²) in [5.41, 5.74) is 4.90. The van der Waals surface area contributed by atoms with Gasteiger partial charge in [0.2, 0.25) is 0 Å². The summed E-state index contributed by atoms with van der Waals surface area (Å²) in [5.74, 6) is 2.98. The Bertz CT molecular complexity index is 1200. The fraction of sp³-hybridized carbons (Fsp3) is 0.333. The molecule has 0 saturated heterocycles. The van der Waals surface area contributed by atoms with E-state index < -0.39 is 0 Å². The average Bonchev–Trinajstić information content (AvgIpc) is 3.26. The lowest BCUT2D eigenvalue weighted by molar-refractivity contribution is 0.287. The van der Waals surface area contributed by atoms with Gasteiger partial charge in [0.15, 0.2) is 11.5 Å². The molecular weight excluding hydrogens is 430 g/mol. The lowest BCUT2D eigenvalue weighted by atomic mass is 9.99. The van der Waals surface area contributed by atoms with Crippen molar-refractivity contribution in [1.82, 2.24) is 9.97 Å². The van der Waals surface area contributed by atoms with E-state index in [1.54, 1.807) is 17.7 Å². The molecule has 2 aromatic carbocycles. The van der Waals surface area contributed by atoms with Crippen LogP contribution in [-0.2, 0) is 6.42 Å². The van der Waals surface area contributed by atoms with Crippen LogP contribution in [0, 0.1) is 0 Å². The van der Waals surface area contributed by atoms with E-state index >= 15 is 0 Å². The molecule has 0 atom stereocenters. The van der Waals surface area contributed by atoms with Gasteiger partial charge < -0.3 is 14.8 Å². The first-order chi connectivity index (χ1) is 16.1. The second-order valence-corrected chi connectivity index (χ2v) is 9.01. The molecule has 0 saturated carbocycles. The number of ether oxygens (including phenoxy) is 2. The van der Waals surface area contributed by atoms with Crippen LogP contribution in [0.1, 0.15) is 44.7 Å². The number of hydrogen-bond acceptors (Lipinski definition) is 6. The third kappa shape index (κ3) is 5.28. The van der Waals surface area contributed by atoms with E-state index in [2.05, 4.69) is 70.9 Å².